The smallest absolute Gasteiger partial charge is 0.272 e. The lowest BCUT2D eigenvalue weighted by atomic mass is 9.91. The Labute approximate surface area is 138 Å². The van der Waals surface area contributed by atoms with Crippen LogP contribution >= 0.6 is 11.3 Å². The van der Waals surface area contributed by atoms with E-state index in [4.69, 9.17) is 4.74 Å². The molecule has 0 spiro atoms. The van der Waals surface area contributed by atoms with Crippen molar-refractivity contribution < 1.29 is 9.53 Å². The van der Waals surface area contributed by atoms with E-state index in [1.807, 2.05) is 11.8 Å². The number of fused-ring (bicyclic) bond motifs is 1. The van der Waals surface area contributed by atoms with Crippen molar-refractivity contribution in [2.75, 3.05) is 13.1 Å². The first-order valence-electron chi connectivity index (χ1n) is 7.83. The summed E-state index contributed by atoms with van der Waals surface area (Å²) < 4.78 is 6.20. The van der Waals surface area contributed by atoms with Gasteiger partial charge in [0.1, 0.15) is 23.1 Å². The molecule has 2 aromatic heterocycles. The molecule has 120 valence electrons. The van der Waals surface area contributed by atoms with Gasteiger partial charge >= 0.3 is 0 Å². The highest BCUT2D eigenvalue weighted by Crippen LogP contribution is 2.41. The van der Waals surface area contributed by atoms with Gasteiger partial charge in [-0.2, -0.15) is 0 Å². The molecule has 0 radical (unpaired) electrons. The first-order valence-corrected chi connectivity index (χ1v) is 8.71. The van der Waals surface area contributed by atoms with Crippen LogP contribution in [0.1, 0.15) is 40.1 Å². The van der Waals surface area contributed by atoms with Crippen molar-refractivity contribution >= 4 is 17.2 Å². The molecule has 7 heteroatoms. The minimum absolute atomic E-state index is 0.0389. The number of ether oxygens (including phenoxy) is 1. The van der Waals surface area contributed by atoms with Crippen molar-refractivity contribution in [3.8, 4) is 0 Å². The molecule has 0 aliphatic carbocycles. The molecule has 0 N–H and O–H groups in total. The topological polar surface area (TPSA) is 68.2 Å². The van der Waals surface area contributed by atoms with Crippen LogP contribution in [0.15, 0.2) is 24.0 Å². The molecule has 0 saturated carbocycles. The van der Waals surface area contributed by atoms with Gasteiger partial charge in [0, 0.05) is 30.4 Å². The second-order valence-corrected chi connectivity index (χ2v) is 7.01. The Morgan fingerprint density at radius 2 is 2.39 bits per heavy atom. The maximum atomic E-state index is 12.5. The van der Waals surface area contributed by atoms with Gasteiger partial charge in [-0.15, -0.1) is 11.3 Å². The second kappa shape index (κ2) is 5.98. The highest BCUT2D eigenvalue weighted by Gasteiger charge is 2.41. The van der Waals surface area contributed by atoms with E-state index in [2.05, 4.69) is 20.3 Å². The monoisotopic (exact) mass is 330 g/mol. The number of amides is 1. The van der Waals surface area contributed by atoms with Gasteiger partial charge in [-0.05, 0) is 31.7 Å². The number of thiazole rings is 1. The van der Waals surface area contributed by atoms with E-state index in [0.717, 1.165) is 30.1 Å². The first-order chi connectivity index (χ1) is 11.2. The molecule has 23 heavy (non-hydrogen) atoms. The van der Waals surface area contributed by atoms with Gasteiger partial charge in [-0.1, -0.05) is 0 Å². The number of likely N-dealkylation sites (tertiary alicyclic amines) is 1. The van der Waals surface area contributed by atoms with Gasteiger partial charge in [-0.25, -0.2) is 15.0 Å². The number of aryl methyl sites for hydroxylation is 1. The van der Waals surface area contributed by atoms with Crippen LogP contribution < -0.4 is 0 Å². The van der Waals surface area contributed by atoms with Crippen LogP contribution in [-0.2, 0) is 4.74 Å². The minimum Gasteiger partial charge on any atom is -0.366 e. The summed E-state index contributed by atoms with van der Waals surface area (Å²) in [5.74, 6) is 0.474. The molecule has 2 aliphatic rings. The van der Waals surface area contributed by atoms with Gasteiger partial charge in [0.25, 0.3) is 5.91 Å². The van der Waals surface area contributed by atoms with Crippen molar-refractivity contribution in [2.45, 2.75) is 32.0 Å². The van der Waals surface area contributed by atoms with Crippen molar-refractivity contribution in [3.63, 3.8) is 0 Å². The summed E-state index contributed by atoms with van der Waals surface area (Å²) >= 11 is 1.66. The van der Waals surface area contributed by atoms with E-state index in [0.29, 0.717) is 18.2 Å². The van der Waals surface area contributed by atoms with Crippen LogP contribution in [-0.4, -0.2) is 45.0 Å². The molecule has 2 aliphatic heterocycles. The van der Waals surface area contributed by atoms with Gasteiger partial charge in [0.05, 0.1) is 6.10 Å². The molecule has 0 unspecified atom stereocenters. The maximum Gasteiger partial charge on any atom is 0.272 e. The first kappa shape index (κ1) is 14.7. The Bertz CT molecular complexity index is 705. The van der Waals surface area contributed by atoms with Crippen LogP contribution in [0.3, 0.4) is 0 Å². The van der Waals surface area contributed by atoms with E-state index in [1.165, 1.54) is 6.33 Å². The highest BCUT2D eigenvalue weighted by molar-refractivity contribution is 7.09. The summed E-state index contributed by atoms with van der Waals surface area (Å²) in [4.78, 5) is 26.8. The molecule has 0 bridgehead atoms. The van der Waals surface area contributed by atoms with Gasteiger partial charge in [-0.3, -0.25) is 4.79 Å². The molecule has 0 aromatic carbocycles. The summed E-state index contributed by atoms with van der Waals surface area (Å²) in [5, 5.41) is 3.12. The summed E-state index contributed by atoms with van der Waals surface area (Å²) in [6.45, 7) is 3.40. The van der Waals surface area contributed by atoms with E-state index >= 15 is 0 Å². The fourth-order valence-electron chi connectivity index (χ4n) is 3.37. The summed E-state index contributed by atoms with van der Waals surface area (Å²) in [5.41, 5.74) is 1.49. The fourth-order valence-corrected chi connectivity index (χ4v) is 4.22. The quantitative estimate of drug-likeness (QED) is 0.845. The molecule has 1 amide bonds. The van der Waals surface area contributed by atoms with E-state index < -0.39 is 0 Å². The van der Waals surface area contributed by atoms with Crippen molar-refractivity contribution in [1.29, 1.82) is 0 Å². The third kappa shape index (κ3) is 2.86. The Balaban J connectivity index is 1.44. The van der Waals surface area contributed by atoms with E-state index in [1.54, 1.807) is 23.6 Å². The number of hydrogen-bond acceptors (Lipinski definition) is 6. The molecule has 2 saturated heterocycles. The third-order valence-electron chi connectivity index (χ3n) is 4.55. The number of aromatic nitrogens is 3. The highest BCUT2D eigenvalue weighted by atomic mass is 32.1. The molecular formula is C16H18N4O2S. The second-order valence-electron chi connectivity index (χ2n) is 6.12. The summed E-state index contributed by atoms with van der Waals surface area (Å²) in [6.07, 6.45) is 5.17. The lowest BCUT2D eigenvalue weighted by Crippen LogP contribution is -2.45. The maximum absolute atomic E-state index is 12.5. The van der Waals surface area contributed by atoms with Crippen molar-refractivity contribution in [3.05, 3.63) is 40.4 Å². The van der Waals surface area contributed by atoms with E-state index in [-0.39, 0.29) is 18.1 Å². The van der Waals surface area contributed by atoms with Crippen LogP contribution in [0.25, 0.3) is 0 Å². The number of nitrogens with zero attached hydrogens (tertiary/aromatic N) is 4. The SMILES string of the molecule is Cc1csc([C@H]2C[C@@H]3CCN(C(=O)c4ccncn4)C[C@H]3O2)n1. The van der Waals surface area contributed by atoms with Crippen LogP contribution in [0.5, 0.6) is 0 Å². The fraction of sp³-hybridized carbons (Fsp3) is 0.500. The number of piperidine rings is 1. The molecular weight excluding hydrogens is 312 g/mol. The number of carbonyl (C=O) groups excluding carboxylic acids is 1. The predicted octanol–water partition coefficient (Wildman–Crippen LogP) is 2.23. The zero-order valence-corrected chi connectivity index (χ0v) is 13.7. The Morgan fingerprint density at radius 1 is 1.48 bits per heavy atom. The molecule has 6 nitrogen and oxygen atoms in total. The average molecular weight is 330 g/mol. The number of carbonyl (C=O) groups is 1. The molecule has 3 atom stereocenters. The average Bonchev–Trinajstić information content (AvgIpc) is 3.20. The predicted molar refractivity (Wildman–Crippen MR) is 85.1 cm³/mol. The van der Waals surface area contributed by atoms with E-state index in [9.17, 15) is 4.79 Å². The van der Waals surface area contributed by atoms with Crippen molar-refractivity contribution in [1.82, 2.24) is 19.9 Å². The van der Waals surface area contributed by atoms with Gasteiger partial charge in [0.2, 0.25) is 0 Å². The summed E-state index contributed by atoms with van der Waals surface area (Å²) in [6, 6.07) is 1.66. The molecule has 2 aromatic rings. The van der Waals surface area contributed by atoms with Crippen LogP contribution in [0.2, 0.25) is 0 Å². The largest absolute Gasteiger partial charge is 0.366 e. The third-order valence-corrected chi connectivity index (χ3v) is 5.61. The Hall–Kier alpha value is -1.86. The van der Waals surface area contributed by atoms with Crippen molar-refractivity contribution in [2.24, 2.45) is 5.92 Å². The lowest BCUT2D eigenvalue weighted by molar-refractivity contribution is -0.00467. The minimum atomic E-state index is -0.0389. The molecule has 2 fully saturated rings. The lowest BCUT2D eigenvalue weighted by Gasteiger charge is -2.33. The number of rotatable bonds is 2. The zero-order valence-electron chi connectivity index (χ0n) is 12.9. The van der Waals surface area contributed by atoms with Crippen LogP contribution in [0.4, 0.5) is 0 Å². The molecule has 4 heterocycles. The Kier molecular flexibility index (Phi) is 3.82. The van der Waals surface area contributed by atoms with Crippen LogP contribution in [0, 0.1) is 12.8 Å². The normalized spacial score (nSPS) is 27.0. The zero-order chi connectivity index (χ0) is 15.8. The Morgan fingerprint density at radius 3 is 3.13 bits per heavy atom. The van der Waals surface area contributed by atoms with Gasteiger partial charge in [0.15, 0.2) is 0 Å². The number of hydrogen-bond donors (Lipinski definition) is 0. The standard InChI is InChI=1S/C16H18N4O2S/c1-10-8-23-15(19-10)13-6-11-3-5-20(7-14(11)22-13)16(21)12-2-4-17-9-18-12/h2,4,8-9,11,13-14H,3,5-7H2,1H3/t11-,13+,14+/m0/s1. The molecule has 4 rings (SSSR count). The summed E-state index contributed by atoms with van der Waals surface area (Å²) in [7, 11) is 0. The van der Waals surface area contributed by atoms with Gasteiger partial charge < -0.3 is 9.64 Å².